The molecular weight excluding hydrogens is 463 g/mol. The summed E-state index contributed by atoms with van der Waals surface area (Å²) in [7, 11) is 0. The van der Waals surface area contributed by atoms with Crippen LogP contribution in [-0.2, 0) is 11.3 Å². The molecule has 1 aliphatic rings. The van der Waals surface area contributed by atoms with E-state index >= 15 is 0 Å². The van der Waals surface area contributed by atoms with Crippen molar-refractivity contribution in [3.05, 3.63) is 88.4 Å². The Balaban J connectivity index is 1.37. The molecule has 2 aromatic heterocycles. The molecule has 5 nitrogen and oxygen atoms in total. The van der Waals surface area contributed by atoms with Crippen LogP contribution in [-0.4, -0.2) is 26.0 Å². The molecule has 0 bridgehead atoms. The first kappa shape index (κ1) is 19.7. The molecule has 0 radical (unpaired) electrons. The average molecular weight is 479 g/mol. The predicted octanol–water partition coefficient (Wildman–Crippen LogP) is 6.04. The van der Waals surface area contributed by atoms with E-state index in [1.807, 2.05) is 30.3 Å². The predicted molar refractivity (Wildman–Crippen MR) is 130 cm³/mol. The average Bonchev–Trinajstić information content (AvgIpc) is 3.41. The summed E-state index contributed by atoms with van der Waals surface area (Å²) in [6.07, 6.45) is 0. The Hall–Kier alpha value is -2.93. The molecule has 0 spiro atoms. The molecule has 3 heterocycles. The maximum absolute atomic E-state index is 12.6. The highest BCUT2D eigenvalue weighted by Crippen LogP contribution is 2.45. The molecule has 1 saturated heterocycles. The van der Waals surface area contributed by atoms with Crippen molar-refractivity contribution in [3.63, 3.8) is 0 Å². The van der Waals surface area contributed by atoms with Crippen molar-refractivity contribution < 1.29 is 4.79 Å². The van der Waals surface area contributed by atoms with Crippen LogP contribution in [0.3, 0.4) is 0 Å². The zero-order chi connectivity index (χ0) is 21.8. The Morgan fingerprint density at radius 2 is 1.50 bits per heavy atom. The fraction of sp³-hybridized carbons (Fsp3) is 0.125. The van der Waals surface area contributed by atoms with Gasteiger partial charge in [-0.15, -0.1) is 21.8 Å². The lowest BCUT2D eigenvalue weighted by molar-refractivity contribution is -0.123. The highest BCUT2D eigenvalue weighted by molar-refractivity contribution is 7.15. The van der Waals surface area contributed by atoms with Crippen molar-refractivity contribution in [2.24, 2.45) is 0 Å². The zero-order valence-corrected chi connectivity index (χ0v) is 19.0. The van der Waals surface area contributed by atoms with E-state index in [4.69, 9.17) is 23.2 Å². The van der Waals surface area contributed by atoms with Crippen molar-refractivity contribution in [1.29, 1.82) is 0 Å². The lowest BCUT2D eigenvalue weighted by Crippen LogP contribution is -2.56. The van der Waals surface area contributed by atoms with Crippen molar-refractivity contribution >= 4 is 67.4 Å². The molecular formula is C24H16Cl2N4OS. The third kappa shape index (κ3) is 2.94. The Bertz CT molecular complexity index is 1440. The molecule has 0 saturated carbocycles. The van der Waals surface area contributed by atoms with Crippen LogP contribution in [0.1, 0.15) is 16.6 Å². The molecule has 1 amide bonds. The number of anilines is 1. The summed E-state index contributed by atoms with van der Waals surface area (Å²) in [6.45, 7) is 0.564. The van der Waals surface area contributed by atoms with E-state index in [2.05, 4.69) is 51.2 Å². The molecule has 8 heteroatoms. The maximum atomic E-state index is 12.6. The van der Waals surface area contributed by atoms with Gasteiger partial charge in [-0.25, -0.2) is 0 Å². The standard InChI is InChI=1S/C24H16Cl2N4OS/c25-17-10-4-1-9-16(17)22-21(26)23(31)30(22)24-28-27-20(32-24)13-29-18-11-5-2-7-14(18)15-8-3-6-12-19(15)29/h1-12,21-22H,13H2. The van der Waals surface area contributed by atoms with Crippen molar-refractivity contribution in [2.45, 2.75) is 18.0 Å². The fourth-order valence-electron chi connectivity index (χ4n) is 4.39. The molecule has 32 heavy (non-hydrogen) atoms. The Morgan fingerprint density at radius 3 is 2.19 bits per heavy atom. The van der Waals surface area contributed by atoms with Gasteiger partial charge >= 0.3 is 0 Å². The first-order valence-corrected chi connectivity index (χ1v) is 11.8. The smallest absolute Gasteiger partial charge is 0.250 e. The molecule has 1 fully saturated rings. The van der Waals surface area contributed by atoms with Crippen LogP contribution in [0.4, 0.5) is 5.13 Å². The SMILES string of the molecule is O=C1C(Cl)C(c2ccccc2Cl)N1c1nnc(Cn2c3ccccc3c3ccccc32)s1. The van der Waals surface area contributed by atoms with Crippen LogP contribution < -0.4 is 4.90 Å². The van der Waals surface area contributed by atoms with Crippen molar-refractivity contribution in [3.8, 4) is 0 Å². The summed E-state index contributed by atoms with van der Waals surface area (Å²) in [5.41, 5.74) is 3.09. The fourth-order valence-corrected chi connectivity index (χ4v) is 5.86. The number of para-hydroxylation sites is 2. The van der Waals surface area contributed by atoms with E-state index < -0.39 is 5.38 Å². The maximum Gasteiger partial charge on any atom is 0.250 e. The number of hydrogen-bond donors (Lipinski definition) is 0. The second-order valence-corrected chi connectivity index (χ2v) is 9.59. The number of amides is 1. The largest absolute Gasteiger partial charge is 0.333 e. The normalized spacial score (nSPS) is 18.4. The lowest BCUT2D eigenvalue weighted by Gasteiger charge is -2.42. The third-order valence-electron chi connectivity index (χ3n) is 5.89. The first-order valence-electron chi connectivity index (χ1n) is 10.1. The number of halogens is 2. The Morgan fingerprint density at radius 1 is 0.875 bits per heavy atom. The molecule has 0 N–H and O–H groups in total. The number of nitrogens with zero attached hydrogens (tertiary/aromatic N) is 4. The van der Waals surface area contributed by atoms with Crippen molar-refractivity contribution in [2.75, 3.05) is 4.90 Å². The minimum Gasteiger partial charge on any atom is -0.333 e. The molecule has 6 rings (SSSR count). The van der Waals surface area contributed by atoms with Crippen molar-refractivity contribution in [1.82, 2.24) is 14.8 Å². The number of aromatic nitrogens is 3. The van der Waals surface area contributed by atoms with Gasteiger partial charge in [0.1, 0.15) is 10.4 Å². The van der Waals surface area contributed by atoms with Crippen LogP contribution in [0, 0.1) is 0 Å². The van der Waals surface area contributed by atoms with Gasteiger partial charge in [0.2, 0.25) is 11.0 Å². The number of rotatable bonds is 4. The zero-order valence-electron chi connectivity index (χ0n) is 16.7. The van der Waals surface area contributed by atoms with Gasteiger partial charge < -0.3 is 4.57 Å². The van der Waals surface area contributed by atoms with Gasteiger partial charge in [-0.3, -0.25) is 9.69 Å². The Labute approximate surface area is 197 Å². The number of alkyl halides is 1. The van der Waals surface area contributed by atoms with Gasteiger partial charge in [-0.05, 0) is 23.8 Å². The van der Waals surface area contributed by atoms with Gasteiger partial charge in [-0.2, -0.15) is 0 Å². The van der Waals surface area contributed by atoms with E-state index in [9.17, 15) is 4.79 Å². The topological polar surface area (TPSA) is 51.0 Å². The number of fused-ring (bicyclic) bond motifs is 3. The molecule has 2 atom stereocenters. The quantitative estimate of drug-likeness (QED) is 0.233. The highest BCUT2D eigenvalue weighted by atomic mass is 35.5. The molecule has 5 aromatic rings. The Kier molecular flexibility index (Phi) is 4.68. The second-order valence-electron chi connectivity index (χ2n) is 7.68. The van der Waals surface area contributed by atoms with E-state index in [0.717, 1.165) is 21.6 Å². The van der Waals surface area contributed by atoms with Gasteiger partial charge in [0.25, 0.3) is 0 Å². The van der Waals surface area contributed by atoms with Crippen LogP contribution in [0.25, 0.3) is 21.8 Å². The van der Waals surface area contributed by atoms with E-state index in [1.165, 1.54) is 22.1 Å². The summed E-state index contributed by atoms with van der Waals surface area (Å²) < 4.78 is 2.24. The number of carbonyl (C=O) groups is 1. The van der Waals surface area contributed by atoms with Gasteiger partial charge in [0, 0.05) is 26.8 Å². The number of β-lactam (4-membered cyclic amide) rings is 1. The number of benzene rings is 3. The lowest BCUT2D eigenvalue weighted by atomic mass is 9.94. The minimum absolute atomic E-state index is 0.184. The van der Waals surface area contributed by atoms with E-state index in [0.29, 0.717) is 16.7 Å². The third-order valence-corrected chi connectivity index (χ3v) is 7.56. The van der Waals surface area contributed by atoms with Crippen LogP contribution in [0.2, 0.25) is 5.02 Å². The van der Waals surface area contributed by atoms with Crippen LogP contribution >= 0.6 is 34.5 Å². The molecule has 2 unspecified atom stereocenters. The summed E-state index contributed by atoms with van der Waals surface area (Å²) in [5.74, 6) is -0.184. The first-order chi connectivity index (χ1) is 15.6. The summed E-state index contributed by atoms with van der Waals surface area (Å²) in [4.78, 5) is 14.2. The van der Waals surface area contributed by atoms with E-state index in [-0.39, 0.29) is 11.9 Å². The van der Waals surface area contributed by atoms with Gasteiger partial charge in [-0.1, -0.05) is 77.5 Å². The summed E-state index contributed by atoms with van der Waals surface area (Å²) in [5, 5.41) is 12.4. The minimum atomic E-state index is -0.667. The number of hydrogen-bond acceptors (Lipinski definition) is 4. The summed E-state index contributed by atoms with van der Waals surface area (Å²) in [6, 6.07) is 23.7. The van der Waals surface area contributed by atoms with Crippen LogP contribution in [0.5, 0.6) is 0 Å². The van der Waals surface area contributed by atoms with Crippen LogP contribution in [0.15, 0.2) is 72.8 Å². The van der Waals surface area contributed by atoms with Gasteiger partial charge in [0.05, 0.1) is 12.6 Å². The second kappa shape index (κ2) is 7.59. The molecule has 3 aromatic carbocycles. The molecule has 0 aliphatic carbocycles. The molecule has 158 valence electrons. The summed E-state index contributed by atoms with van der Waals surface area (Å²) >= 11 is 14.2. The van der Waals surface area contributed by atoms with E-state index in [1.54, 1.807) is 11.0 Å². The highest BCUT2D eigenvalue weighted by Gasteiger charge is 2.50. The monoisotopic (exact) mass is 478 g/mol. The number of carbonyl (C=O) groups excluding carboxylic acids is 1. The molecule has 1 aliphatic heterocycles. The van der Waals surface area contributed by atoms with Gasteiger partial charge in [0.15, 0.2) is 0 Å².